The van der Waals surface area contributed by atoms with Gasteiger partial charge in [0.15, 0.2) is 11.3 Å². The van der Waals surface area contributed by atoms with E-state index in [2.05, 4.69) is 5.32 Å². The number of carbonyl (C=O) groups excluding carboxylic acids is 3. The van der Waals surface area contributed by atoms with Crippen molar-refractivity contribution in [3.05, 3.63) is 59.8 Å². The molecule has 34 heavy (non-hydrogen) atoms. The Morgan fingerprint density at radius 1 is 1.12 bits per heavy atom. The number of hydrogen-bond donors (Lipinski definition) is 1. The van der Waals surface area contributed by atoms with Crippen LogP contribution in [0.25, 0.3) is 10.9 Å². The zero-order valence-electron chi connectivity index (χ0n) is 19.3. The van der Waals surface area contributed by atoms with Crippen LogP contribution in [0.3, 0.4) is 0 Å². The van der Waals surface area contributed by atoms with Crippen molar-refractivity contribution in [2.75, 3.05) is 39.2 Å². The molecule has 2 amide bonds. The molecule has 0 saturated carbocycles. The average molecular weight is 463 g/mol. The van der Waals surface area contributed by atoms with Gasteiger partial charge >= 0.3 is 6.16 Å². The van der Waals surface area contributed by atoms with Gasteiger partial charge in [0.1, 0.15) is 0 Å². The topological polar surface area (TPSA) is 93.1 Å². The van der Waals surface area contributed by atoms with Crippen molar-refractivity contribution in [2.45, 2.75) is 18.5 Å². The van der Waals surface area contributed by atoms with Crippen molar-refractivity contribution in [1.29, 1.82) is 0 Å². The monoisotopic (exact) mass is 462 g/mol. The Bertz CT molecular complexity index is 1310. The maximum atomic E-state index is 13.9. The lowest BCUT2D eigenvalue weighted by Gasteiger charge is -2.45. The molecule has 0 radical (unpaired) electrons. The molecule has 9 heteroatoms. The summed E-state index contributed by atoms with van der Waals surface area (Å²) in [4.78, 5) is 43.3. The molecule has 2 aliphatic heterocycles. The molecule has 0 aliphatic carbocycles. The number of para-hydroxylation sites is 2. The van der Waals surface area contributed by atoms with Crippen molar-refractivity contribution in [2.24, 2.45) is 0 Å². The van der Waals surface area contributed by atoms with Gasteiger partial charge in [-0.3, -0.25) is 14.5 Å². The molecule has 1 aromatic heterocycles. The Kier molecular flexibility index (Phi) is 5.28. The van der Waals surface area contributed by atoms with Crippen LogP contribution in [-0.2, 0) is 26.4 Å². The van der Waals surface area contributed by atoms with E-state index < -0.39 is 11.7 Å². The fourth-order valence-electron chi connectivity index (χ4n) is 5.09. The number of ether oxygens (including phenoxy) is 2. The summed E-state index contributed by atoms with van der Waals surface area (Å²) in [7, 11) is 5.06. The van der Waals surface area contributed by atoms with Crippen LogP contribution in [0.1, 0.15) is 17.7 Å². The maximum Gasteiger partial charge on any atom is 0.513 e. The molecule has 1 saturated heterocycles. The third-order valence-corrected chi connectivity index (χ3v) is 6.56. The first-order valence-corrected chi connectivity index (χ1v) is 11.1. The third kappa shape index (κ3) is 3.15. The Labute approximate surface area is 196 Å². The van der Waals surface area contributed by atoms with E-state index in [1.165, 1.54) is 7.11 Å². The number of hydrogen-bond acceptors (Lipinski definition) is 6. The average Bonchev–Trinajstić information content (AvgIpc) is 3.05. The molecule has 0 spiro atoms. The largest absolute Gasteiger partial charge is 0.513 e. The Morgan fingerprint density at radius 3 is 2.62 bits per heavy atom. The van der Waals surface area contributed by atoms with E-state index in [1.54, 1.807) is 4.90 Å². The number of aromatic nitrogens is 1. The lowest BCUT2D eigenvalue weighted by atomic mass is 9.84. The molecular weight excluding hydrogens is 436 g/mol. The van der Waals surface area contributed by atoms with Gasteiger partial charge in [-0.25, -0.2) is 4.79 Å². The van der Waals surface area contributed by atoms with Gasteiger partial charge in [-0.1, -0.05) is 30.3 Å². The van der Waals surface area contributed by atoms with Crippen LogP contribution in [0.5, 0.6) is 5.75 Å². The van der Waals surface area contributed by atoms with Gasteiger partial charge in [0.05, 0.1) is 37.1 Å². The minimum Gasteiger partial charge on any atom is -0.437 e. The highest BCUT2D eigenvalue weighted by Crippen LogP contribution is 2.50. The molecule has 1 unspecified atom stereocenters. The van der Waals surface area contributed by atoms with Gasteiger partial charge in [0.25, 0.3) is 5.91 Å². The van der Waals surface area contributed by atoms with Gasteiger partial charge in [0, 0.05) is 11.9 Å². The van der Waals surface area contributed by atoms with Crippen molar-refractivity contribution in [3.63, 3.8) is 0 Å². The molecule has 1 atom stereocenters. The van der Waals surface area contributed by atoms with Crippen molar-refractivity contribution < 1.29 is 23.9 Å². The first-order chi connectivity index (χ1) is 16.4. The fraction of sp³-hybridized carbons (Fsp3) is 0.320. The van der Waals surface area contributed by atoms with Crippen molar-refractivity contribution >= 4 is 34.6 Å². The lowest BCUT2D eigenvalue weighted by molar-refractivity contribution is -0.136. The number of nitrogens with one attached hydrogen (secondary N) is 1. The normalized spacial score (nSPS) is 19.2. The summed E-state index contributed by atoms with van der Waals surface area (Å²) in [5.74, 6) is -0.318. The maximum absolute atomic E-state index is 13.9. The Morgan fingerprint density at radius 2 is 1.85 bits per heavy atom. The van der Waals surface area contributed by atoms with Crippen LogP contribution < -0.4 is 15.0 Å². The Hall–Kier alpha value is -3.85. The number of methoxy groups -OCH3 is 1. The van der Waals surface area contributed by atoms with Crippen LogP contribution >= 0.6 is 0 Å². The third-order valence-electron chi connectivity index (χ3n) is 6.56. The molecule has 2 aliphatic rings. The van der Waals surface area contributed by atoms with E-state index in [0.29, 0.717) is 36.3 Å². The van der Waals surface area contributed by atoms with Crippen molar-refractivity contribution in [3.8, 4) is 5.75 Å². The number of rotatable bonds is 4. The van der Waals surface area contributed by atoms with E-state index in [9.17, 15) is 14.4 Å². The summed E-state index contributed by atoms with van der Waals surface area (Å²) in [5.41, 5.74) is 1.39. The highest BCUT2D eigenvalue weighted by atomic mass is 16.7. The zero-order valence-corrected chi connectivity index (χ0v) is 19.3. The number of benzene rings is 2. The fourth-order valence-corrected chi connectivity index (χ4v) is 5.09. The van der Waals surface area contributed by atoms with Gasteiger partial charge < -0.3 is 24.3 Å². The van der Waals surface area contributed by atoms with Crippen LogP contribution in [0, 0.1) is 0 Å². The second kappa shape index (κ2) is 8.18. The molecule has 1 N–H and O–H groups in total. The molecule has 9 nitrogen and oxygen atoms in total. The van der Waals surface area contributed by atoms with Gasteiger partial charge in [-0.2, -0.15) is 0 Å². The van der Waals surface area contributed by atoms with E-state index in [-0.39, 0.29) is 24.1 Å². The number of piperazine rings is 1. The summed E-state index contributed by atoms with van der Waals surface area (Å²) in [6.45, 7) is 0.806. The SMILES string of the molecule is COC(=O)Oc1c2n(c3ccccc13)Cc1ccccc1N1C(=O)CNC(=O)C21CCN(C)C. The molecule has 5 rings (SSSR count). The van der Waals surface area contributed by atoms with Crippen LogP contribution in [0.15, 0.2) is 48.5 Å². The molecule has 2 aromatic carbocycles. The number of carbonyl (C=O) groups is 3. The number of fused-ring (bicyclic) bond motifs is 7. The zero-order chi connectivity index (χ0) is 24.0. The Balaban J connectivity index is 1.92. The van der Waals surface area contributed by atoms with Gasteiger partial charge in [-0.05, 0) is 44.3 Å². The predicted molar refractivity (Wildman–Crippen MR) is 126 cm³/mol. The molecule has 1 fully saturated rings. The molecule has 3 heterocycles. The van der Waals surface area contributed by atoms with Crippen molar-refractivity contribution in [1.82, 2.24) is 14.8 Å². The smallest absolute Gasteiger partial charge is 0.437 e. The van der Waals surface area contributed by atoms with Crippen LogP contribution in [0.2, 0.25) is 0 Å². The molecule has 3 aromatic rings. The number of amides is 2. The highest BCUT2D eigenvalue weighted by molar-refractivity contribution is 6.11. The minimum atomic E-state index is -1.44. The minimum absolute atomic E-state index is 0.107. The second-order valence-electron chi connectivity index (χ2n) is 8.79. The second-order valence-corrected chi connectivity index (χ2v) is 8.79. The summed E-state index contributed by atoms with van der Waals surface area (Å²) in [6, 6.07) is 15.1. The molecule has 0 bridgehead atoms. The lowest BCUT2D eigenvalue weighted by Crippen LogP contribution is -2.66. The first-order valence-electron chi connectivity index (χ1n) is 11.1. The van der Waals surface area contributed by atoms with Crippen LogP contribution in [-0.4, -0.2) is 61.7 Å². The highest BCUT2D eigenvalue weighted by Gasteiger charge is 2.56. The number of nitrogens with zero attached hydrogens (tertiary/aromatic N) is 3. The first kappa shape index (κ1) is 22.0. The molecule has 176 valence electrons. The summed E-state index contributed by atoms with van der Waals surface area (Å²) in [6.07, 6.45) is -0.600. The van der Waals surface area contributed by atoms with E-state index in [0.717, 1.165) is 11.1 Å². The van der Waals surface area contributed by atoms with E-state index in [4.69, 9.17) is 9.47 Å². The van der Waals surface area contributed by atoms with Crippen LogP contribution in [0.4, 0.5) is 10.5 Å². The quantitative estimate of drug-likeness (QED) is 0.599. The van der Waals surface area contributed by atoms with Gasteiger partial charge in [0.2, 0.25) is 5.91 Å². The predicted octanol–water partition coefficient (Wildman–Crippen LogP) is 2.46. The van der Waals surface area contributed by atoms with E-state index >= 15 is 0 Å². The summed E-state index contributed by atoms with van der Waals surface area (Å²) >= 11 is 0. The summed E-state index contributed by atoms with van der Waals surface area (Å²) in [5, 5.41) is 3.46. The van der Waals surface area contributed by atoms with E-state index in [1.807, 2.05) is 72.1 Å². The molecular formula is C25H26N4O5. The standard InChI is InChI=1S/C25H26N4O5/c1-27(2)13-12-25-22-21(34-24(32)33-3)17-9-5-7-11-19(17)28(22)15-16-8-4-6-10-18(16)29(25)20(30)14-26-23(25)31/h4-11H,12-15H2,1-3H3,(H,26,31). The van der Waals surface area contributed by atoms with Gasteiger partial charge in [-0.15, -0.1) is 0 Å². The number of anilines is 1. The summed E-state index contributed by atoms with van der Waals surface area (Å²) < 4.78 is 12.5.